The highest BCUT2D eigenvalue weighted by atomic mass is 32.2. The Morgan fingerprint density at radius 1 is 0.943 bits per heavy atom. The van der Waals surface area contributed by atoms with Gasteiger partial charge in [-0.1, -0.05) is 12.1 Å². The molecule has 0 radical (unpaired) electrons. The lowest BCUT2D eigenvalue weighted by molar-refractivity contribution is -0.144. The topological polar surface area (TPSA) is 95.1 Å². The van der Waals surface area contributed by atoms with Crippen LogP contribution in [0.1, 0.15) is 45.1 Å². The molecule has 0 aromatic heterocycles. The van der Waals surface area contributed by atoms with Crippen molar-refractivity contribution in [3.63, 3.8) is 0 Å². The quantitative estimate of drug-likeness (QED) is 0.149. The van der Waals surface area contributed by atoms with E-state index in [2.05, 4.69) is 35.4 Å². The molecule has 10 heteroatoms. The van der Waals surface area contributed by atoms with Crippen LogP contribution in [0.25, 0.3) is 0 Å². The number of thiol groups is 1. The van der Waals surface area contributed by atoms with Gasteiger partial charge in [0.15, 0.2) is 0 Å². The van der Waals surface area contributed by atoms with E-state index in [-0.39, 0.29) is 18.0 Å². The van der Waals surface area contributed by atoms with E-state index in [9.17, 15) is 9.59 Å². The van der Waals surface area contributed by atoms with E-state index in [4.69, 9.17) is 18.9 Å². The Kier molecular flexibility index (Phi) is 22.0. The molecule has 0 spiro atoms. The average Bonchev–Trinajstić information content (AvgIpc) is 2.87. The average molecular weight is 533 g/mol. The number of ether oxygens (including phenoxy) is 4. The van der Waals surface area contributed by atoms with E-state index >= 15 is 0 Å². The second-order valence-electron chi connectivity index (χ2n) is 7.52. The zero-order chi connectivity index (χ0) is 26.3. The van der Waals surface area contributed by atoms with Crippen LogP contribution in [0.15, 0.2) is 24.3 Å². The van der Waals surface area contributed by atoms with Crippen molar-refractivity contribution in [2.75, 3.05) is 52.7 Å². The standard InChI is InChI=1S/C16H25NO3S.C9H19NO3S/c1-4-20-16(18)10-7-14(17-2)12-21-11-13-5-8-15(19-3)9-6-13;1-3-13-9(11)5-4-8(10-2)6-12-7-14/h5-6,8-9,14,17H,4,7,10-12H2,1-3H3;8,10,14H,3-7H2,1-2H3/t14-;8-/m11/s1. The number of likely N-dealkylation sites (N-methyl/N-ethyl adjacent to an activating group) is 1. The Balaban J connectivity index is 0.000000720. The summed E-state index contributed by atoms with van der Waals surface area (Å²) in [6, 6.07) is 8.64. The van der Waals surface area contributed by atoms with Crippen LogP contribution < -0.4 is 15.4 Å². The molecule has 1 aromatic rings. The van der Waals surface area contributed by atoms with Crippen molar-refractivity contribution in [3.8, 4) is 5.75 Å². The fourth-order valence-electron chi connectivity index (χ4n) is 2.91. The molecule has 0 bridgehead atoms. The Morgan fingerprint density at radius 2 is 1.49 bits per heavy atom. The van der Waals surface area contributed by atoms with Gasteiger partial charge in [0.05, 0.1) is 32.9 Å². The van der Waals surface area contributed by atoms with Crippen LogP contribution in [-0.2, 0) is 29.6 Å². The van der Waals surface area contributed by atoms with Crippen LogP contribution in [0.2, 0.25) is 0 Å². The second-order valence-corrected chi connectivity index (χ2v) is 8.81. The summed E-state index contributed by atoms with van der Waals surface area (Å²) in [4.78, 5) is 22.4. The summed E-state index contributed by atoms with van der Waals surface area (Å²) in [5, 5.41) is 6.32. The van der Waals surface area contributed by atoms with Gasteiger partial charge in [0.1, 0.15) is 5.75 Å². The molecule has 0 aliphatic heterocycles. The third-order valence-electron chi connectivity index (χ3n) is 4.98. The SMILES string of the molecule is CCOC(=O)CC[C@H](COCS)NC.CCOC(=O)CC[C@H](CSCc1ccc(OC)cc1)NC. The van der Waals surface area contributed by atoms with Crippen molar-refractivity contribution < 1.29 is 28.5 Å². The van der Waals surface area contributed by atoms with Gasteiger partial charge in [-0.15, -0.1) is 0 Å². The second kappa shape index (κ2) is 23.0. The minimum absolute atomic E-state index is 0.113. The Morgan fingerprint density at radius 3 is 1.94 bits per heavy atom. The molecule has 202 valence electrons. The summed E-state index contributed by atoms with van der Waals surface area (Å²) in [6.07, 6.45) is 2.44. The molecule has 1 aromatic carbocycles. The number of carbonyl (C=O) groups is 2. The molecule has 0 fully saturated rings. The van der Waals surface area contributed by atoms with Gasteiger partial charge in [0, 0.05) is 36.4 Å². The van der Waals surface area contributed by atoms with Gasteiger partial charge in [-0.2, -0.15) is 24.4 Å². The summed E-state index contributed by atoms with van der Waals surface area (Å²) < 4.78 is 20.0. The highest BCUT2D eigenvalue weighted by molar-refractivity contribution is 7.98. The van der Waals surface area contributed by atoms with Crippen molar-refractivity contribution in [2.24, 2.45) is 0 Å². The van der Waals surface area contributed by atoms with E-state index in [1.54, 1.807) is 14.0 Å². The molecule has 0 aliphatic rings. The lowest BCUT2D eigenvalue weighted by Crippen LogP contribution is -2.31. The highest BCUT2D eigenvalue weighted by Crippen LogP contribution is 2.18. The minimum Gasteiger partial charge on any atom is -0.497 e. The molecule has 2 N–H and O–H groups in total. The molecule has 0 unspecified atom stereocenters. The van der Waals surface area contributed by atoms with Gasteiger partial charge in [-0.05, 0) is 58.5 Å². The van der Waals surface area contributed by atoms with Crippen LogP contribution in [0.3, 0.4) is 0 Å². The summed E-state index contributed by atoms with van der Waals surface area (Å²) in [5.41, 5.74) is 1.28. The predicted molar refractivity (Wildman–Crippen MR) is 146 cm³/mol. The molecular weight excluding hydrogens is 488 g/mol. The van der Waals surface area contributed by atoms with Crippen molar-refractivity contribution in [3.05, 3.63) is 29.8 Å². The van der Waals surface area contributed by atoms with E-state index in [0.717, 1.165) is 30.1 Å². The fraction of sp³-hybridized carbons (Fsp3) is 0.680. The molecule has 2 atom stereocenters. The first-order chi connectivity index (χ1) is 16.9. The normalized spacial score (nSPS) is 12.2. The van der Waals surface area contributed by atoms with Crippen molar-refractivity contribution in [1.29, 1.82) is 0 Å². The van der Waals surface area contributed by atoms with Gasteiger partial charge in [-0.3, -0.25) is 9.59 Å². The molecule has 0 amide bonds. The van der Waals surface area contributed by atoms with Crippen molar-refractivity contribution in [1.82, 2.24) is 10.6 Å². The van der Waals surface area contributed by atoms with Crippen LogP contribution in [0, 0.1) is 0 Å². The lowest BCUT2D eigenvalue weighted by Gasteiger charge is -2.15. The maximum absolute atomic E-state index is 11.4. The maximum atomic E-state index is 11.4. The molecule has 0 saturated carbocycles. The van der Waals surface area contributed by atoms with Crippen LogP contribution in [0.4, 0.5) is 0 Å². The highest BCUT2D eigenvalue weighted by Gasteiger charge is 2.11. The number of rotatable bonds is 18. The van der Waals surface area contributed by atoms with E-state index in [0.29, 0.717) is 44.6 Å². The maximum Gasteiger partial charge on any atom is 0.305 e. The number of carbonyl (C=O) groups excluding carboxylic acids is 2. The van der Waals surface area contributed by atoms with Gasteiger partial charge >= 0.3 is 11.9 Å². The largest absolute Gasteiger partial charge is 0.497 e. The molecule has 0 saturated heterocycles. The monoisotopic (exact) mass is 532 g/mol. The van der Waals surface area contributed by atoms with E-state index in [1.165, 1.54) is 5.56 Å². The van der Waals surface area contributed by atoms with Gasteiger partial charge in [-0.25, -0.2) is 0 Å². The molecule has 8 nitrogen and oxygen atoms in total. The molecular formula is C25H44N2O6S2. The van der Waals surface area contributed by atoms with Gasteiger partial charge in [0.25, 0.3) is 0 Å². The molecule has 1 rings (SSSR count). The summed E-state index contributed by atoms with van der Waals surface area (Å²) >= 11 is 5.80. The lowest BCUT2D eigenvalue weighted by atomic mass is 10.2. The van der Waals surface area contributed by atoms with Gasteiger partial charge in [0.2, 0.25) is 0 Å². The predicted octanol–water partition coefficient (Wildman–Crippen LogP) is 3.68. The third-order valence-corrected chi connectivity index (χ3v) is 6.34. The Hall–Kier alpha value is -1.46. The number of nitrogens with one attached hydrogen (secondary N) is 2. The van der Waals surface area contributed by atoms with Crippen molar-refractivity contribution in [2.45, 2.75) is 57.4 Å². The first kappa shape index (κ1) is 33.5. The van der Waals surface area contributed by atoms with E-state index < -0.39 is 0 Å². The first-order valence-electron chi connectivity index (χ1n) is 12.0. The number of benzene rings is 1. The number of thioether (sulfide) groups is 1. The Bertz CT molecular complexity index is 664. The van der Waals surface area contributed by atoms with Crippen LogP contribution in [0.5, 0.6) is 5.75 Å². The van der Waals surface area contributed by atoms with E-state index in [1.807, 2.05) is 44.9 Å². The molecule has 35 heavy (non-hydrogen) atoms. The Labute approximate surface area is 221 Å². The number of methoxy groups -OCH3 is 1. The number of hydrogen-bond donors (Lipinski definition) is 3. The minimum atomic E-state index is -0.154. The molecule has 0 heterocycles. The third kappa shape index (κ3) is 18.5. The smallest absolute Gasteiger partial charge is 0.305 e. The summed E-state index contributed by atoms with van der Waals surface area (Å²) in [7, 11) is 5.45. The van der Waals surface area contributed by atoms with Crippen molar-refractivity contribution >= 4 is 36.3 Å². The zero-order valence-electron chi connectivity index (χ0n) is 21.8. The summed E-state index contributed by atoms with van der Waals surface area (Å²) in [6.45, 7) is 5.10. The number of hydrogen-bond acceptors (Lipinski definition) is 10. The fourth-order valence-corrected chi connectivity index (χ4v) is 4.18. The number of esters is 2. The molecule has 0 aliphatic carbocycles. The van der Waals surface area contributed by atoms with Gasteiger partial charge < -0.3 is 29.6 Å². The van der Waals surface area contributed by atoms with Crippen LogP contribution >= 0.6 is 24.4 Å². The zero-order valence-corrected chi connectivity index (χ0v) is 23.6. The summed E-state index contributed by atoms with van der Waals surface area (Å²) in [5.74, 6) is 2.95. The van der Waals surface area contributed by atoms with Crippen LogP contribution in [-0.4, -0.2) is 76.7 Å². The first-order valence-corrected chi connectivity index (χ1v) is 13.8.